The van der Waals surface area contributed by atoms with Gasteiger partial charge < -0.3 is 28.4 Å². The highest BCUT2D eigenvalue weighted by Crippen LogP contribution is 2.29. The quantitative estimate of drug-likeness (QED) is 0.254. The maximum Gasteiger partial charge on any atom is 0.263 e. The van der Waals surface area contributed by atoms with Gasteiger partial charge in [0, 0.05) is 61.3 Å². The summed E-state index contributed by atoms with van der Waals surface area (Å²) in [6.07, 6.45) is 1.40. The van der Waals surface area contributed by atoms with Gasteiger partial charge in [0.2, 0.25) is 5.43 Å². The van der Waals surface area contributed by atoms with Crippen LogP contribution in [0.25, 0.3) is 16.6 Å². The van der Waals surface area contributed by atoms with Crippen molar-refractivity contribution in [1.82, 2.24) is 4.57 Å². The first-order chi connectivity index (χ1) is 18.8. The molecule has 0 radical (unpaired) electrons. The summed E-state index contributed by atoms with van der Waals surface area (Å²) in [5, 5.41) is 0.230. The van der Waals surface area contributed by atoms with Gasteiger partial charge in [-0.25, -0.2) is 8.78 Å². The van der Waals surface area contributed by atoms with Crippen LogP contribution in [0.3, 0.4) is 0 Å². The zero-order valence-corrected chi connectivity index (χ0v) is 22.0. The summed E-state index contributed by atoms with van der Waals surface area (Å²) >= 11 is 0. The lowest BCUT2D eigenvalue weighted by Crippen LogP contribution is -2.35. The van der Waals surface area contributed by atoms with Gasteiger partial charge in [0.05, 0.1) is 24.9 Å². The molecule has 0 fully saturated rings. The number of anilines is 1. The van der Waals surface area contributed by atoms with Crippen molar-refractivity contribution in [1.29, 1.82) is 0 Å². The highest BCUT2D eigenvalue weighted by molar-refractivity contribution is 6.07. The zero-order chi connectivity index (χ0) is 28.1. The van der Waals surface area contributed by atoms with Crippen molar-refractivity contribution in [2.24, 2.45) is 0 Å². The number of benzene rings is 3. The normalized spacial score (nSPS) is 10.9. The third kappa shape index (κ3) is 5.85. The van der Waals surface area contributed by atoms with E-state index in [0.717, 1.165) is 17.0 Å². The zero-order valence-electron chi connectivity index (χ0n) is 22.0. The summed E-state index contributed by atoms with van der Waals surface area (Å²) < 4.78 is 51.3. The fourth-order valence-electron chi connectivity index (χ4n) is 4.24. The number of methoxy groups -OCH3 is 2. The van der Waals surface area contributed by atoms with E-state index < -0.39 is 23.0 Å². The molecule has 4 rings (SSSR count). The van der Waals surface area contributed by atoms with Gasteiger partial charge in [-0.05, 0) is 38.1 Å². The maximum absolute atomic E-state index is 14.0. The topological polar surface area (TPSA) is 79.2 Å². The van der Waals surface area contributed by atoms with Crippen LogP contribution in [-0.4, -0.2) is 44.6 Å². The second-order valence-electron chi connectivity index (χ2n) is 8.45. The standard InChI is InChI=1S/C29H28F2N2O6/c1-5-32(20-10-18(30)9-19(31)11-20)29(35)26-16-33(21-12-23(37-4)14-24(13-21)38-6-2)27-15-22(39-17-36-3)7-8-25(27)28(26)34/h7-16H,5-6,17H2,1-4H3. The van der Waals surface area contributed by atoms with Crippen molar-refractivity contribution in [2.45, 2.75) is 13.8 Å². The Hall–Kier alpha value is -4.44. The molecule has 0 N–H and O–H groups in total. The minimum Gasteiger partial charge on any atom is -0.497 e. The van der Waals surface area contributed by atoms with E-state index in [-0.39, 0.29) is 30.0 Å². The van der Waals surface area contributed by atoms with E-state index in [4.69, 9.17) is 18.9 Å². The number of aromatic nitrogens is 1. The molecule has 4 aromatic rings. The Balaban J connectivity index is 1.97. The molecule has 0 saturated heterocycles. The SMILES string of the molecule is CCOc1cc(OC)cc(-n2cc(C(=O)N(CC)c3cc(F)cc(F)c3)c(=O)c3ccc(OCOC)cc32)c1. The van der Waals surface area contributed by atoms with Gasteiger partial charge in [-0.15, -0.1) is 0 Å². The van der Waals surface area contributed by atoms with Crippen LogP contribution in [0, 0.1) is 11.6 Å². The smallest absolute Gasteiger partial charge is 0.263 e. The summed E-state index contributed by atoms with van der Waals surface area (Å²) in [6.45, 7) is 3.97. The highest BCUT2D eigenvalue weighted by atomic mass is 19.1. The molecule has 0 aliphatic rings. The predicted octanol–water partition coefficient (Wildman–Crippen LogP) is 5.33. The van der Waals surface area contributed by atoms with Gasteiger partial charge in [0.25, 0.3) is 5.91 Å². The molecule has 10 heteroatoms. The van der Waals surface area contributed by atoms with E-state index in [1.54, 1.807) is 47.9 Å². The van der Waals surface area contributed by atoms with Crippen molar-refractivity contribution in [3.05, 3.63) is 88.2 Å². The number of nitrogens with zero attached hydrogens (tertiary/aromatic N) is 2. The van der Waals surface area contributed by atoms with Crippen LogP contribution in [0.15, 0.2) is 65.6 Å². The van der Waals surface area contributed by atoms with Gasteiger partial charge in [-0.2, -0.15) is 0 Å². The Morgan fingerprint density at radius 1 is 0.897 bits per heavy atom. The fourth-order valence-corrected chi connectivity index (χ4v) is 4.24. The van der Waals surface area contributed by atoms with Gasteiger partial charge >= 0.3 is 0 Å². The fraction of sp³-hybridized carbons (Fsp3) is 0.241. The first-order valence-corrected chi connectivity index (χ1v) is 12.2. The lowest BCUT2D eigenvalue weighted by atomic mass is 10.1. The van der Waals surface area contributed by atoms with Crippen LogP contribution in [-0.2, 0) is 4.74 Å². The second kappa shape index (κ2) is 12.0. The third-order valence-electron chi connectivity index (χ3n) is 5.96. The van der Waals surface area contributed by atoms with E-state index in [0.29, 0.717) is 41.1 Å². The number of carbonyl (C=O) groups excluding carboxylic acids is 1. The van der Waals surface area contributed by atoms with Crippen LogP contribution < -0.4 is 24.5 Å². The van der Waals surface area contributed by atoms with Crippen molar-refractivity contribution >= 4 is 22.5 Å². The predicted molar refractivity (Wildman–Crippen MR) is 143 cm³/mol. The molecule has 0 spiro atoms. The number of pyridine rings is 1. The molecule has 0 unspecified atom stereocenters. The Morgan fingerprint density at radius 2 is 1.62 bits per heavy atom. The van der Waals surface area contributed by atoms with Gasteiger partial charge in [0.1, 0.15) is 34.4 Å². The minimum absolute atomic E-state index is 0.00435. The van der Waals surface area contributed by atoms with Crippen LogP contribution in [0.5, 0.6) is 17.2 Å². The monoisotopic (exact) mass is 538 g/mol. The molecule has 1 amide bonds. The number of halogens is 2. The van der Waals surface area contributed by atoms with E-state index in [9.17, 15) is 18.4 Å². The number of ether oxygens (including phenoxy) is 4. The molecule has 0 aliphatic carbocycles. The molecule has 0 aliphatic heterocycles. The Bertz CT molecular complexity index is 1550. The average Bonchev–Trinajstić information content (AvgIpc) is 2.91. The largest absolute Gasteiger partial charge is 0.497 e. The number of rotatable bonds is 10. The van der Waals surface area contributed by atoms with Gasteiger partial charge in [-0.3, -0.25) is 9.59 Å². The van der Waals surface area contributed by atoms with Crippen LogP contribution in [0.2, 0.25) is 0 Å². The molecule has 1 aromatic heterocycles. The van der Waals surface area contributed by atoms with E-state index >= 15 is 0 Å². The maximum atomic E-state index is 14.0. The molecule has 0 saturated carbocycles. The highest BCUT2D eigenvalue weighted by Gasteiger charge is 2.23. The Kier molecular flexibility index (Phi) is 8.46. The van der Waals surface area contributed by atoms with E-state index in [1.807, 2.05) is 6.92 Å². The summed E-state index contributed by atoms with van der Waals surface area (Å²) in [5.41, 5.74) is 0.240. The van der Waals surface area contributed by atoms with Gasteiger partial charge in [0.15, 0.2) is 6.79 Å². The first-order valence-electron chi connectivity index (χ1n) is 12.2. The lowest BCUT2D eigenvalue weighted by molar-refractivity contribution is 0.0512. The average molecular weight is 539 g/mol. The molecular weight excluding hydrogens is 510 g/mol. The molecular formula is C29H28F2N2O6. The van der Waals surface area contributed by atoms with E-state index in [1.165, 1.54) is 20.4 Å². The molecule has 39 heavy (non-hydrogen) atoms. The number of hydrogen-bond donors (Lipinski definition) is 0. The van der Waals surface area contributed by atoms with Crippen molar-refractivity contribution in [3.63, 3.8) is 0 Å². The third-order valence-corrected chi connectivity index (χ3v) is 5.96. The number of amides is 1. The number of fused-ring (bicyclic) bond motifs is 1. The summed E-state index contributed by atoms with van der Waals surface area (Å²) in [7, 11) is 3.01. The molecule has 0 bridgehead atoms. The van der Waals surface area contributed by atoms with Gasteiger partial charge in [-0.1, -0.05) is 0 Å². The van der Waals surface area contributed by atoms with Crippen molar-refractivity contribution in [3.8, 4) is 22.9 Å². The molecule has 3 aromatic carbocycles. The lowest BCUT2D eigenvalue weighted by Gasteiger charge is -2.22. The van der Waals surface area contributed by atoms with Crippen LogP contribution >= 0.6 is 0 Å². The van der Waals surface area contributed by atoms with E-state index in [2.05, 4.69) is 0 Å². The number of hydrogen-bond acceptors (Lipinski definition) is 6. The Morgan fingerprint density at radius 3 is 2.26 bits per heavy atom. The molecule has 0 atom stereocenters. The summed E-state index contributed by atoms with van der Waals surface area (Å²) in [6, 6.07) is 12.8. The minimum atomic E-state index is -0.837. The van der Waals surface area contributed by atoms with Crippen molar-refractivity contribution < 1.29 is 32.5 Å². The van der Waals surface area contributed by atoms with Crippen LogP contribution in [0.1, 0.15) is 24.2 Å². The molecule has 8 nitrogen and oxygen atoms in total. The summed E-state index contributed by atoms with van der Waals surface area (Å²) in [5.74, 6) is -0.937. The Labute approximate surface area is 223 Å². The number of carbonyl (C=O) groups is 1. The second-order valence-corrected chi connectivity index (χ2v) is 8.45. The summed E-state index contributed by atoms with van der Waals surface area (Å²) in [4.78, 5) is 28.5. The molecule has 1 heterocycles. The first kappa shape index (κ1) is 27.6. The molecule has 204 valence electrons. The van der Waals surface area contributed by atoms with Crippen molar-refractivity contribution in [2.75, 3.05) is 39.1 Å². The van der Waals surface area contributed by atoms with Crippen LogP contribution in [0.4, 0.5) is 14.5 Å².